The van der Waals surface area contributed by atoms with Crippen LogP contribution in [0.1, 0.15) is 81.8 Å². The smallest absolute Gasteiger partial charge is 0.410 e. The fraction of sp³-hybridized carbons (Fsp3) is 0.458. The minimum atomic E-state index is -0.853. The zero-order chi connectivity index (χ0) is 23.4. The topological polar surface area (TPSA) is 106 Å². The van der Waals surface area contributed by atoms with Crippen LogP contribution in [0.2, 0.25) is 0 Å². The van der Waals surface area contributed by atoms with Gasteiger partial charge in [-0.1, -0.05) is 44.1 Å². The Kier molecular flexibility index (Phi) is 11.1. The molecule has 0 aliphatic carbocycles. The number of hydrogen-bond donors (Lipinski definition) is 2. The van der Waals surface area contributed by atoms with E-state index in [1.54, 1.807) is 19.1 Å². The number of ether oxygens (including phenoxy) is 1. The Morgan fingerprint density at radius 3 is 2.61 bits per heavy atom. The number of nitrogens with one attached hydrogen (secondary N) is 1. The summed E-state index contributed by atoms with van der Waals surface area (Å²) < 4.78 is 9.77. The molecule has 1 rings (SSSR count). The molecule has 0 aromatic carbocycles. The number of methoxy groups -OCH3 is 1. The van der Waals surface area contributed by atoms with Crippen LogP contribution in [0.15, 0.2) is 50.9 Å². The summed E-state index contributed by atoms with van der Waals surface area (Å²) in [6.45, 7) is 7.56. The molecule has 1 unspecified atom stereocenters. The number of aromatic hydroxyl groups is 1. The Hall–Kier alpha value is -3.09. The van der Waals surface area contributed by atoms with E-state index < -0.39 is 17.5 Å². The second kappa shape index (κ2) is 13.3. The molecule has 0 aliphatic rings. The number of carbonyl (C=O) groups excluding carboxylic acids is 2. The number of alkyl carbamates (subject to hydrolysis) is 1. The first-order valence-corrected chi connectivity index (χ1v) is 10.5. The molecule has 1 amide bonds. The van der Waals surface area contributed by atoms with E-state index in [2.05, 4.69) is 17.0 Å². The van der Waals surface area contributed by atoms with E-state index in [-0.39, 0.29) is 17.2 Å². The van der Waals surface area contributed by atoms with Crippen molar-refractivity contribution in [1.29, 1.82) is 0 Å². The van der Waals surface area contributed by atoms with Crippen LogP contribution in [-0.2, 0) is 4.74 Å². The molecule has 1 atom stereocenters. The molecule has 0 fully saturated rings. The van der Waals surface area contributed by atoms with Gasteiger partial charge >= 0.3 is 11.7 Å². The molecular weight excluding hydrogens is 398 g/mol. The average Bonchev–Trinajstić information content (AvgIpc) is 2.74. The number of carbonyl (C=O) groups is 2. The highest BCUT2D eigenvalue weighted by molar-refractivity contribution is 6.09. The second-order valence-corrected chi connectivity index (χ2v) is 7.51. The predicted molar refractivity (Wildman–Crippen MR) is 120 cm³/mol. The monoisotopic (exact) mass is 431 g/mol. The lowest BCUT2D eigenvalue weighted by atomic mass is 9.99. The largest absolute Gasteiger partial charge is 0.507 e. The molecule has 0 bridgehead atoms. The van der Waals surface area contributed by atoms with Gasteiger partial charge in [0.25, 0.3) is 0 Å². The number of amides is 1. The quantitative estimate of drug-likeness (QED) is 0.277. The van der Waals surface area contributed by atoms with Gasteiger partial charge in [0, 0.05) is 18.2 Å². The molecule has 7 heteroatoms. The van der Waals surface area contributed by atoms with Crippen molar-refractivity contribution in [2.24, 2.45) is 0 Å². The fourth-order valence-corrected chi connectivity index (χ4v) is 2.79. The highest BCUT2D eigenvalue weighted by atomic mass is 16.5. The summed E-state index contributed by atoms with van der Waals surface area (Å²) in [7, 11) is 1.27. The summed E-state index contributed by atoms with van der Waals surface area (Å²) in [6, 6.07) is 1.32. The molecule has 0 saturated heterocycles. The van der Waals surface area contributed by atoms with Crippen molar-refractivity contribution in [1.82, 2.24) is 5.32 Å². The Morgan fingerprint density at radius 2 is 2.00 bits per heavy atom. The zero-order valence-electron chi connectivity index (χ0n) is 19.0. The van der Waals surface area contributed by atoms with Crippen LogP contribution >= 0.6 is 0 Å². The molecule has 2 N–H and O–H groups in total. The lowest BCUT2D eigenvalue weighted by molar-refractivity contribution is 0.102. The molecule has 0 saturated carbocycles. The van der Waals surface area contributed by atoms with Crippen LogP contribution in [0.5, 0.6) is 5.75 Å². The van der Waals surface area contributed by atoms with E-state index in [1.165, 1.54) is 19.4 Å². The molecule has 7 nitrogen and oxygen atoms in total. The minimum absolute atomic E-state index is 0.175. The van der Waals surface area contributed by atoms with Gasteiger partial charge in [0.1, 0.15) is 17.1 Å². The third-order valence-electron chi connectivity index (χ3n) is 4.83. The van der Waals surface area contributed by atoms with Gasteiger partial charge in [0.2, 0.25) is 0 Å². The van der Waals surface area contributed by atoms with E-state index in [0.717, 1.165) is 24.8 Å². The molecule has 0 spiro atoms. The van der Waals surface area contributed by atoms with Crippen molar-refractivity contribution in [3.63, 3.8) is 0 Å². The number of unbranched alkanes of at least 4 members (excludes halogenated alkanes) is 1. The Balaban J connectivity index is 2.88. The standard InChI is InChI=1S/C24H33NO6/c1-6-7-10-16(2)12-13-18(4)22(27)21-19(26)15-20(31-23(21)28)17(3)11-8-9-14-25-24(29)30-5/h9,12-15,17,26H,6-8,10-11H2,1-5H3,(H,25,29)/b14-9+,16-12+,18-13+. The molecular formula is C24H33NO6. The van der Waals surface area contributed by atoms with Crippen LogP contribution in [0, 0.1) is 0 Å². The van der Waals surface area contributed by atoms with E-state index in [4.69, 9.17) is 4.42 Å². The van der Waals surface area contributed by atoms with Crippen molar-refractivity contribution in [3.8, 4) is 5.75 Å². The minimum Gasteiger partial charge on any atom is -0.507 e. The van der Waals surface area contributed by atoms with Crippen LogP contribution in [-0.4, -0.2) is 24.1 Å². The van der Waals surface area contributed by atoms with Crippen LogP contribution < -0.4 is 10.9 Å². The summed E-state index contributed by atoms with van der Waals surface area (Å²) in [5.41, 5.74) is 0.286. The molecule has 1 aromatic heterocycles. The molecule has 170 valence electrons. The number of rotatable bonds is 11. The maximum absolute atomic E-state index is 12.6. The summed E-state index contributed by atoms with van der Waals surface area (Å²) in [4.78, 5) is 36.0. The fourth-order valence-electron chi connectivity index (χ4n) is 2.79. The summed E-state index contributed by atoms with van der Waals surface area (Å²) in [5.74, 6) is -0.816. The van der Waals surface area contributed by atoms with Crippen molar-refractivity contribution in [3.05, 3.63) is 63.4 Å². The molecule has 1 aromatic rings. The van der Waals surface area contributed by atoms with E-state index >= 15 is 0 Å². The maximum Gasteiger partial charge on any atom is 0.410 e. The van der Waals surface area contributed by atoms with Crippen LogP contribution in [0.4, 0.5) is 4.79 Å². The van der Waals surface area contributed by atoms with E-state index in [9.17, 15) is 19.5 Å². The number of hydrogen-bond acceptors (Lipinski definition) is 6. The second-order valence-electron chi connectivity index (χ2n) is 7.51. The molecule has 0 aliphatic heterocycles. The number of ketones is 1. The zero-order valence-corrected chi connectivity index (χ0v) is 19.0. The first-order chi connectivity index (χ1) is 14.7. The summed E-state index contributed by atoms with van der Waals surface area (Å²) in [5, 5.41) is 12.8. The van der Waals surface area contributed by atoms with Crippen LogP contribution in [0.3, 0.4) is 0 Å². The first-order valence-electron chi connectivity index (χ1n) is 10.5. The number of Topliss-reactive ketones (excluding diaryl/α,β-unsaturated/α-hetero) is 1. The predicted octanol–water partition coefficient (Wildman–Crippen LogP) is 5.36. The van der Waals surface area contributed by atoms with Crippen molar-refractivity contribution >= 4 is 11.9 Å². The lowest BCUT2D eigenvalue weighted by Gasteiger charge is -2.11. The Morgan fingerprint density at radius 1 is 1.29 bits per heavy atom. The van der Waals surface area contributed by atoms with E-state index in [0.29, 0.717) is 24.2 Å². The Bertz CT molecular complexity index is 907. The first kappa shape index (κ1) is 25.9. The summed E-state index contributed by atoms with van der Waals surface area (Å²) in [6.07, 6.45) is 10.5. The normalized spacial score (nSPS) is 13.3. The average molecular weight is 432 g/mol. The van der Waals surface area contributed by atoms with Gasteiger partial charge in [0.05, 0.1) is 7.11 Å². The molecule has 31 heavy (non-hydrogen) atoms. The highest BCUT2D eigenvalue weighted by Crippen LogP contribution is 2.26. The van der Waals surface area contributed by atoms with Crippen LogP contribution in [0.25, 0.3) is 0 Å². The van der Waals surface area contributed by atoms with Gasteiger partial charge in [-0.25, -0.2) is 9.59 Å². The Labute approximate surface area is 183 Å². The van der Waals surface area contributed by atoms with Gasteiger partial charge in [-0.3, -0.25) is 10.1 Å². The van der Waals surface area contributed by atoms with Crippen molar-refractivity contribution in [2.45, 2.75) is 65.7 Å². The third kappa shape index (κ3) is 8.66. The van der Waals surface area contributed by atoms with Gasteiger partial charge in [-0.05, 0) is 45.1 Å². The van der Waals surface area contributed by atoms with Gasteiger partial charge in [-0.2, -0.15) is 0 Å². The van der Waals surface area contributed by atoms with Crippen molar-refractivity contribution in [2.75, 3.05) is 7.11 Å². The third-order valence-corrected chi connectivity index (χ3v) is 4.83. The number of allylic oxidation sites excluding steroid dienone is 5. The lowest BCUT2D eigenvalue weighted by Crippen LogP contribution is -2.16. The highest BCUT2D eigenvalue weighted by Gasteiger charge is 2.21. The van der Waals surface area contributed by atoms with E-state index in [1.807, 2.05) is 19.9 Å². The molecule has 1 heterocycles. The summed E-state index contributed by atoms with van der Waals surface area (Å²) >= 11 is 0. The molecule has 0 radical (unpaired) electrons. The van der Waals surface area contributed by atoms with Crippen molar-refractivity contribution < 1.29 is 23.8 Å². The van der Waals surface area contributed by atoms with Gasteiger partial charge in [0.15, 0.2) is 5.78 Å². The van der Waals surface area contributed by atoms with Gasteiger partial charge < -0.3 is 14.3 Å². The maximum atomic E-state index is 12.6. The SMILES string of the molecule is CCCC/C(C)=C/C=C(\C)C(=O)c1c(O)cc(C(C)CC/C=C/NC(=O)OC)oc1=O. The van der Waals surface area contributed by atoms with Gasteiger partial charge in [-0.15, -0.1) is 0 Å².